The van der Waals surface area contributed by atoms with Crippen LogP contribution in [0.2, 0.25) is 0 Å². The number of carbonyl (C=O) groups excluding carboxylic acids is 4. The molecule has 290 valence electrons. The van der Waals surface area contributed by atoms with E-state index >= 15 is 0 Å². The van der Waals surface area contributed by atoms with Crippen LogP contribution in [-0.4, -0.2) is 109 Å². The van der Waals surface area contributed by atoms with Gasteiger partial charge in [0.2, 0.25) is 23.6 Å². The van der Waals surface area contributed by atoms with Crippen molar-refractivity contribution in [3.63, 3.8) is 0 Å². The molecule has 51 heavy (non-hydrogen) atoms. The molecule has 0 saturated carbocycles. The number of hydrogen-bond acceptors (Lipinski definition) is 9. The van der Waals surface area contributed by atoms with Crippen molar-refractivity contribution in [3.8, 4) is 0 Å². The van der Waals surface area contributed by atoms with Gasteiger partial charge in [-0.15, -0.1) is 0 Å². The number of carbonyl (C=O) groups is 4. The molecule has 13 heteroatoms. The molecule has 0 spiro atoms. The van der Waals surface area contributed by atoms with E-state index in [0.29, 0.717) is 25.7 Å². The third-order valence-corrected chi connectivity index (χ3v) is 9.87. The Hall–Kier alpha value is -3.10. The van der Waals surface area contributed by atoms with Gasteiger partial charge in [0.15, 0.2) is 0 Å². The molecule has 1 aliphatic heterocycles. The molecule has 8 N–H and O–H groups in total. The highest BCUT2D eigenvalue weighted by Gasteiger charge is 2.39. The summed E-state index contributed by atoms with van der Waals surface area (Å²) < 4.78 is 6.45. The van der Waals surface area contributed by atoms with E-state index in [2.05, 4.69) is 28.2 Å². The third kappa shape index (κ3) is 14.1. The minimum atomic E-state index is -1.29. The van der Waals surface area contributed by atoms with Crippen molar-refractivity contribution < 1.29 is 34.1 Å². The zero-order chi connectivity index (χ0) is 38.1. The Balaban J connectivity index is 2.64. The van der Waals surface area contributed by atoms with Crippen molar-refractivity contribution in [2.24, 2.45) is 23.5 Å². The second-order valence-electron chi connectivity index (χ2n) is 14.5. The fourth-order valence-electron chi connectivity index (χ4n) is 6.43. The number of likely N-dealkylation sites (N-methyl/N-ethyl adjacent to an activating group) is 1. The normalized spacial score (nSPS) is 27.2. The second-order valence-corrected chi connectivity index (χ2v) is 14.5. The number of aryl methyl sites for hydroxylation is 1. The number of nitrogens with two attached hydrogens (primary N) is 1. The largest absolute Gasteiger partial charge is 0.394 e. The molecule has 1 aliphatic rings. The highest BCUT2D eigenvalue weighted by atomic mass is 16.5. The Kier molecular flexibility index (Phi) is 19.7. The number of aliphatic hydroxyl groups excluding tert-OH is 2. The first-order chi connectivity index (χ1) is 24.3. The molecule has 1 fully saturated rings. The summed E-state index contributed by atoms with van der Waals surface area (Å²) in [5, 5.41) is 32.7. The summed E-state index contributed by atoms with van der Waals surface area (Å²) >= 11 is 0. The van der Waals surface area contributed by atoms with Gasteiger partial charge in [-0.2, -0.15) is 0 Å². The average molecular weight is 719 g/mol. The van der Waals surface area contributed by atoms with E-state index in [0.717, 1.165) is 36.8 Å². The van der Waals surface area contributed by atoms with Crippen LogP contribution < -0.4 is 27.0 Å². The summed E-state index contributed by atoms with van der Waals surface area (Å²) in [5.74, 6) is -2.89. The third-order valence-electron chi connectivity index (χ3n) is 9.87. The number of rotatable bonds is 13. The Morgan fingerprint density at radius 1 is 0.961 bits per heavy atom. The maximum Gasteiger partial charge on any atom is 0.245 e. The van der Waals surface area contributed by atoms with Crippen molar-refractivity contribution in [2.75, 3.05) is 33.4 Å². The molecule has 13 nitrogen and oxygen atoms in total. The fourth-order valence-corrected chi connectivity index (χ4v) is 6.43. The molecule has 1 heterocycles. The van der Waals surface area contributed by atoms with Crippen molar-refractivity contribution in [1.29, 1.82) is 0 Å². The van der Waals surface area contributed by atoms with Crippen LogP contribution in [-0.2, 0) is 30.3 Å². The number of hydrogen-bond donors (Lipinski definition) is 7. The fraction of sp³-hybridized carbons (Fsp3) is 0.737. The zero-order valence-corrected chi connectivity index (χ0v) is 32.0. The number of aliphatic hydroxyl groups is 2. The van der Waals surface area contributed by atoms with E-state index in [1.807, 2.05) is 58.9 Å². The smallest absolute Gasteiger partial charge is 0.245 e. The van der Waals surface area contributed by atoms with Gasteiger partial charge in [-0.05, 0) is 43.6 Å². The van der Waals surface area contributed by atoms with Crippen LogP contribution in [0.5, 0.6) is 0 Å². The van der Waals surface area contributed by atoms with E-state index < -0.39 is 66.7 Å². The number of ether oxygens (including phenoxy) is 1. The molecule has 8 atom stereocenters. The van der Waals surface area contributed by atoms with E-state index in [1.165, 1.54) is 0 Å². The molecular weight excluding hydrogens is 652 g/mol. The quantitative estimate of drug-likeness (QED) is 0.149. The number of amides is 4. The Morgan fingerprint density at radius 2 is 1.63 bits per heavy atom. The van der Waals surface area contributed by atoms with E-state index in [9.17, 15) is 29.4 Å². The SMILES string of the molecule is CCCCCC[C@H]1OCCNC(=O)[C@H](CO)NC(=O)[C@H](CN)NC(=O)[C@H]([C@H](C)CC)NC(O)[C@H](CC(C)C)N(C)C(=O)[C@@H]1Cc1ccc(C)cc1. The van der Waals surface area contributed by atoms with Gasteiger partial charge < -0.3 is 41.5 Å². The summed E-state index contributed by atoms with van der Waals surface area (Å²) in [6, 6.07) is 3.92. The van der Waals surface area contributed by atoms with Gasteiger partial charge in [0, 0.05) is 20.1 Å². The van der Waals surface area contributed by atoms with Gasteiger partial charge >= 0.3 is 0 Å². The lowest BCUT2D eigenvalue weighted by molar-refractivity contribution is -0.146. The van der Waals surface area contributed by atoms with Gasteiger partial charge in [-0.1, -0.05) is 96.6 Å². The highest BCUT2D eigenvalue weighted by Crippen LogP contribution is 2.26. The predicted molar refractivity (Wildman–Crippen MR) is 198 cm³/mol. The van der Waals surface area contributed by atoms with E-state index in [4.69, 9.17) is 10.5 Å². The molecule has 0 bridgehead atoms. The minimum absolute atomic E-state index is 0.0736. The molecule has 2 rings (SSSR count). The van der Waals surface area contributed by atoms with Crippen LogP contribution in [0.15, 0.2) is 24.3 Å². The lowest BCUT2D eigenvalue weighted by atomic mass is 9.88. The zero-order valence-electron chi connectivity index (χ0n) is 32.0. The van der Waals surface area contributed by atoms with Crippen LogP contribution in [0.25, 0.3) is 0 Å². The molecular formula is C38H66N6O7. The Morgan fingerprint density at radius 3 is 2.22 bits per heavy atom. The minimum Gasteiger partial charge on any atom is -0.394 e. The number of benzene rings is 1. The second kappa shape index (κ2) is 22.8. The highest BCUT2D eigenvalue weighted by molar-refractivity contribution is 5.93. The molecule has 0 aliphatic carbocycles. The van der Waals surface area contributed by atoms with Crippen molar-refractivity contribution in [1.82, 2.24) is 26.2 Å². The van der Waals surface area contributed by atoms with Crippen LogP contribution in [0.3, 0.4) is 0 Å². The van der Waals surface area contributed by atoms with Crippen molar-refractivity contribution in [2.45, 2.75) is 129 Å². The molecule has 1 aromatic rings. The van der Waals surface area contributed by atoms with Gasteiger partial charge in [0.05, 0.1) is 37.3 Å². The van der Waals surface area contributed by atoms with E-state index in [1.54, 1.807) is 11.9 Å². The van der Waals surface area contributed by atoms with Crippen LogP contribution in [0, 0.1) is 24.7 Å². The summed E-state index contributed by atoms with van der Waals surface area (Å²) in [7, 11) is 1.70. The lowest BCUT2D eigenvalue weighted by Gasteiger charge is -2.39. The van der Waals surface area contributed by atoms with Gasteiger partial charge in [0.1, 0.15) is 18.3 Å². The van der Waals surface area contributed by atoms with Crippen molar-refractivity contribution >= 4 is 23.6 Å². The van der Waals surface area contributed by atoms with Crippen molar-refractivity contribution in [3.05, 3.63) is 35.4 Å². The van der Waals surface area contributed by atoms with Gasteiger partial charge in [-0.3, -0.25) is 24.5 Å². The summed E-state index contributed by atoms with van der Waals surface area (Å²) in [5.41, 5.74) is 7.96. The summed E-state index contributed by atoms with van der Waals surface area (Å²) in [6.45, 7) is 11.2. The molecule has 4 amide bonds. The summed E-state index contributed by atoms with van der Waals surface area (Å²) in [4.78, 5) is 56.3. The molecule has 1 unspecified atom stereocenters. The van der Waals surface area contributed by atoms with Gasteiger partial charge in [0.25, 0.3) is 0 Å². The lowest BCUT2D eigenvalue weighted by Crippen LogP contribution is -2.62. The summed E-state index contributed by atoms with van der Waals surface area (Å²) in [6.07, 6.45) is 4.19. The van der Waals surface area contributed by atoms with Crippen LogP contribution in [0.4, 0.5) is 0 Å². The van der Waals surface area contributed by atoms with E-state index in [-0.39, 0.29) is 37.4 Å². The monoisotopic (exact) mass is 718 g/mol. The Labute approximate surface area is 305 Å². The topological polar surface area (TPSA) is 195 Å². The maximum absolute atomic E-state index is 14.8. The molecule has 0 aromatic heterocycles. The number of nitrogens with one attached hydrogen (secondary N) is 4. The Bertz CT molecular complexity index is 1220. The van der Waals surface area contributed by atoms with Gasteiger partial charge in [-0.25, -0.2) is 0 Å². The van der Waals surface area contributed by atoms with Crippen LogP contribution >= 0.6 is 0 Å². The predicted octanol–water partition coefficient (Wildman–Crippen LogP) is 1.76. The standard InChI is InChI=1S/C38H66N6O7/c1-8-10-11-12-13-32-28(21-27-16-14-25(5)15-17-27)38(50)44(7)31(20-24(3)4)36(48)43-33(26(6)9-2)37(49)41-29(22-39)35(47)42-30(23-45)34(46)40-18-19-51-32/h14-17,24,26,28-33,36,43,45,48H,8-13,18-23,39H2,1-7H3,(H,40,46)(H,41,49)(H,42,47)/t26-,28-,29+,30+,31+,32-,33+,36?/m1/s1. The molecule has 0 radical (unpaired) electrons. The van der Waals surface area contributed by atoms with Crippen LogP contribution in [0.1, 0.15) is 90.7 Å². The number of nitrogens with zero attached hydrogens (tertiary/aromatic N) is 1. The molecule has 1 saturated heterocycles. The molecule has 1 aromatic carbocycles. The first kappa shape index (κ1) is 44.1. The first-order valence-corrected chi connectivity index (χ1v) is 18.8. The average Bonchev–Trinajstić information content (AvgIpc) is 3.11. The number of unbranched alkanes of at least 4 members (excludes halogenated alkanes) is 3. The maximum atomic E-state index is 14.8. The first-order valence-electron chi connectivity index (χ1n) is 18.8.